The predicted octanol–water partition coefficient (Wildman–Crippen LogP) is 0.679. The fourth-order valence-corrected chi connectivity index (χ4v) is 2.55. The molecule has 3 unspecified atom stereocenters. The molecule has 3 atom stereocenters. The van der Waals surface area contributed by atoms with Crippen LogP contribution < -0.4 is 0 Å². The van der Waals surface area contributed by atoms with Crippen molar-refractivity contribution in [3.63, 3.8) is 0 Å². The zero-order valence-corrected chi connectivity index (χ0v) is 12.5. The van der Waals surface area contributed by atoms with Crippen molar-refractivity contribution >= 4 is 5.78 Å². The van der Waals surface area contributed by atoms with E-state index in [1.165, 1.54) is 0 Å². The molecule has 0 aliphatic carbocycles. The quantitative estimate of drug-likeness (QED) is 0.726. The van der Waals surface area contributed by atoms with E-state index in [4.69, 9.17) is 14.2 Å². The lowest BCUT2D eigenvalue weighted by molar-refractivity contribution is -0.142. The summed E-state index contributed by atoms with van der Waals surface area (Å²) in [4.78, 5) is 12.2. The van der Waals surface area contributed by atoms with Crippen molar-refractivity contribution in [3.05, 3.63) is 23.5 Å². The van der Waals surface area contributed by atoms with Gasteiger partial charge in [-0.3, -0.25) is 4.79 Å². The van der Waals surface area contributed by atoms with E-state index in [1.807, 2.05) is 19.1 Å². The van der Waals surface area contributed by atoms with Crippen LogP contribution in [0.25, 0.3) is 0 Å². The highest BCUT2D eigenvalue weighted by atomic mass is 16.7. The summed E-state index contributed by atoms with van der Waals surface area (Å²) in [5.74, 6) is -0.0814. The standard InChI is InChI=1S/C15H22O6/c1-4-5-6-11-13(20-10(3)19-11)12-9(2)14(18)15(7-16,8-17)21-12/h5-6,10-11,13,16-17H,4,7-8H2,1-3H3/b6-5-. The molecule has 2 aliphatic rings. The Kier molecular flexibility index (Phi) is 4.83. The first-order chi connectivity index (χ1) is 9.99. The van der Waals surface area contributed by atoms with Crippen LogP contribution in [-0.4, -0.2) is 53.3 Å². The van der Waals surface area contributed by atoms with E-state index in [-0.39, 0.29) is 6.10 Å². The second-order valence-corrected chi connectivity index (χ2v) is 5.29. The molecule has 118 valence electrons. The fourth-order valence-electron chi connectivity index (χ4n) is 2.55. The van der Waals surface area contributed by atoms with Crippen LogP contribution in [0.3, 0.4) is 0 Å². The van der Waals surface area contributed by atoms with Gasteiger partial charge in [0.2, 0.25) is 11.4 Å². The molecule has 0 aromatic carbocycles. The number of hydrogen-bond acceptors (Lipinski definition) is 6. The van der Waals surface area contributed by atoms with E-state index in [0.29, 0.717) is 11.3 Å². The van der Waals surface area contributed by atoms with Crippen molar-refractivity contribution in [2.45, 2.75) is 51.3 Å². The van der Waals surface area contributed by atoms with Gasteiger partial charge in [-0.1, -0.05) is 19.1 Å². The minimum Gasteiger partial charge on any atom is -0.475 e. The van der Waals surface area contributed by atoms with Gasteiger partial charge in [-0.15, -0.1) is 0 Å². The summed E-state index contributed by atoms with van der Waals surface area (Å²) in [5, 5.41) is 18.8. The van der Waals surface area contributed by atoms with Gasteiger partial charge in [0.05, 0.1) is 13.2 Å². The first-order valence-electron chi connectivity index (χ1n) is 7.13. The molecule has 2 rings (SSSR count). The Morgan fingerprint density at radius 2 is 1.95 bits per heavy atom. The summed E-state index contributed by atoms with van der Waals surface area (Å²) in [7, 11) is 0. The van der Waals surface area contributed by atoms with Crippen LogP contribution in [0.15, 0.2) is 23.5 Å². The molecule has 0 amide bonds. The van der Waals surface area contributed by atoms with Crippen molar-refractivity contribution in [1.82, 2.24) is 0 Å². The molecule has 2 N–H and O–H groups in total. The summed E-state index contributed by atoms with van der Waals surface area (Å²) in [6.07, 6.45) is 3.36. The smallest absolute Gasteiger partial charge is 0.216 e. The summed E-state index contributed by atoms with van der Waals surface area (Å²) in [6, 6.07) is 0. The van der Waals surface area contributed by atoms with Crippen LogP contribution in [0.4, 0.5) is 0 Å². The molecule has 0 spiro atoms. The summed E-state index contributed by atoms with van der Waals surface area (Å²) < 4.78 is 16.9. The summed E-state index contributed by atoms with van der Waals surface area (Å²) in [6.45, 7) is 4.22. The lowest BCUT2D eigenvalue weighted by atomic mass is 9.96. The van der Waals surface area contributed by atoms with Gasteiger partial charge in [-0.05, 0) is 20.3 Å². The summed E-state index contributed by atoms with van der Waals surface area (Å²) >= 11 is 0. The van der Waals surface area contributed by atoms with Crippen molar-refractivity contribution in [2.75, 3.05) is 13.2 Å². The van der Waals surface area contributed by atoms with Crippen molar-refractivity contribution in [2.24, 2.45) is 0 Å². The third-order valence-electron chi connectivity index (χ3n) is 3.75. The fraction of sp³-hybridized carbons (Fsp3) is 0.667. The molecule has 0 saturated carbocycles. The van der Waals surface area contributed by atoms with E-state index in [2.05, 4.69) is 0 Å². The average molecular weight is 298 g/mol. The number of allylic oxidation sites excluding steroid dienone is 1. The van der Waals surface area contributed by atoms with E-state index < -0.39 is 37.0 Å². The Morgan fingerprint density at radius 3 is 2.48 bits per heavy atom. The lowest BCUT2D eigenvalue weighted by Crippen LogP contribution is -2.45. The van der Waals surface area contributed by atoms with Gasteiger partial charge in [-0.25, -0.2) is 0 Å². The lowest BCUT2D eigenvalue weighted by Gasteiger charge is -2.25. The number of Topliss-reactive ketones (excluding diaryl/α,β-unsaturated/α-hetero) is 1. The third-order valence-corrected chi connectivity index (χ3v) is 3.75. The molecular weight excluding hydrogens is 276 g/mol. The number of ketones is 1. The van der Waals surface area contributed by atoms with Gasteiger partial charge in [-0.2, -0.15) is 0 Å². The number of hydrogen-bond donors (Lipinski definition) is 2. The number of carbonyl (C=O) groups excluding carboxylic acids is 1. The van der Waals surface area contributed by atoms with Crippen molar-refractivity contribution in [1.29, 1.82) is 0 Å². The minimum absolute atomic E-state index is 0.332. The second kappa shape index (κ2) is 6.27. The Bertz CT molecular complexity index is 463. The van der Waals surface area contributed by atoms with E-state index in [0.717, 1.165) is 6.42 Å². The van der Waals surface area contributed by atoms with Gasteiger partial charge < -0.3 is 24.4 Å². The number of aliphatic hydroxyl groups excluding tert-OH is 2. The van der Waals surface area contributed by atoms with Gasteiger partial charge in [0, 0.05) is 5.57 Å². The minimum atomic E-state index is -1.60. The summed E-state index contributed by atoms with van der Waals surface area (Å²) in [5.41, 5.74) is -1.25. The maximum absolute atomic E-state index is 12.2. The number of ether oxygens (including phenoxy) is 3. The molecular formula is C15H22O6. The molecule has 2 heterocycles. The molecule has 0 radical (unpaired) electrons. The van der Waals surface area contributed by atoms with Crippen LogP contribution >= 0.6 is 0 Å². The van der Waals surface area contributed by atoms with Gasteiger partial charge in [0.15, 0.2) is 6.29 Å². The molecule has 0 aromatic rings. The largest absolute Gasteiger partial charge is 0.475 e. The van der Waals surface area contributed by atoms with E-state index in [9.17, 15) is 15.0 Å². The zero-order chi connectivity index (χ0) is 15.6. The number of carbonyl (C=O) groups is 1. The molecule has 6 heteroatoms. The highest BCUT2D eigenvalue weighted by Crippen LogP contribution is 2.37. The molecule has 1 fully saturated rings. The first kappa shape index (κ1) is 16.2. The van der Waals surface area contributed by atoms with Crippen LogP contribution in [0.5, 0.6) is 0 Å². The van der Waals surface area contributed by atoms with Crippen molar-refractivity contribution in [3.8, 4) is 0 Å². The molecule has 2 aliphatic heterocycles. The van der Waals surface area contributed by atoms with E-state index in [1.54, 1.807) is 13.8 Å². The monoisotopic (exact) mass is 298 g/mol. The van der Waals surface area contributed by atoms with Gasteiger partial charge in [0.1, 0.15) is 18.0 Å². The van der Waals surface area contributed by atoms with Crippen LogP contribution in [0.2, 0.25) is 0 Å². The van der Waals surface area contributed by atoms with Crippen LogP contribution in [-0.2, 0) is 19.0 Å². The predicted molar refractivity (Wildman–Crippen MR) is 74.3 cm³/mol. The first-order valence-corrected chi connectivity index (χ1v) is 7.13. The Hall–Kier alpha value is -1.21. The normalized spacial score (nSPS) is 32.2. The Morgan fingerprint density at radius 1 is 1.29 bits per heavy atom. The second-order valence-electron chi connectivity index (χ2n) is 5.29. The Balaban J connectivity index is 2.28. The van der Waals surface area contributed by atoms with Gasteiger partial charge in [0.25, 0.3) is 0 Å². The van der Waals surface area contributed by atoms with E-state index >= 15 is 0 Å². The topological polar surface area (TPSA) is 85.2 Å². The molecule has 0 bridgehead atoms. The van der Waals surface area contributed by atoms with Crippen LogP contribution in [0.1, 0.15) is 27.2 Å². The van der Waals surface area contributed by atoms with Gasteiger partial charge >= 0.3 is 0 Å². The highest BCUT2D eigenvalue weighted by Gasteiger charge is 2.51. The number of rotatable bonds is 5. The molecule has 1 saturated heterocycles. The average Bonchev–Trinajstić information content (AvgIpc) is 2.97. The van der Waals surface area contributed by atoms with Crippen LogP contribution in [0, 0.1) is 0 Å². The molecule has 6 nitrogen and oxygen atoms in total. The highest BCUT2D eigenvalue weighted by molar-refractivity contribution is 6.04. The molecule has 0 aromatic heterocycles. The third kappa shape index (κ3) is 2.76. The SMILES string of the molecule is CC/C=C\C1OC(C)OC1C1=C(C)C(=O)C(CO)(CO)O1. The maximum atomic E-state index is 12.2. The maximum Gasteiger partial charge on any atom is 0.216 e. The van der Waals surface area contributed by atoms with Crippen molar-refractivity contribution < 1.29 is 29.2 Å². The zero-order valence-electron chi connectivity index (χ0n) is 12.5. The molecule has 21 heavy (non-hydrogen) atoms. The number of aliphatic hydroxyl groups is 2. The Labute approximate surface area is 124 Å².